The Morgan fingerprint density at radius 2 is 1.88 bits per heavy atom. The SMILES string of the molecule is Clc1cccc(CNCCSc2nnnn2-c2ccccc2)c1Cl. The molecule has 1 N–H and O–H groups in total. The highest BCUT2D eigenvalue weighted by Gasteiger charge is 2.08. The number of benzene rings is 2. The summed E-state index contributed by atoms with van der Waals surface area (Å²) in [5.74, 6) is 0.839. The lowest BCUT2D eigenvalue weighted by Gasteiger charge is -2.08. The van der Waals surface area contributed by atoms with Crippen molar-refractivity contribution in [3.63, 3.8) is 0 Å². The van der Waals surface area contributed by atoms with E-state index in [1.54, 1.807) is 22.5 Å². The van der Waals surface area contributed by atoms with E-state index in [1.165, 1.54) is 0 Å². The molecule has 0 aliphatic heterocycles. The van der Waals surface area contributed by atoms with E-state index in [0.717, 1.165) is 28.7 Å². The zero-order valence-electron chi connectivity index (χ0n) is 12.7. The first kappa shape index (κ1) is 17.2. The second-order valence-electron chi connectivity index (χ2n) is 4.95. The molecule has 0 bridgehead atoms. The van der Waals surface area contributed by atoms with Crippen molar-refractivity contribution in [2.75, 3.05) is 12.3 Å². The lowest BCUT2D eigenvalue weighted by atomic mass is 10.2. The molecule has 3 aromatic rings. The predicted molar refractivity (Wildman–Crippen MR) is 98.0 cm³/mol. The largest absolute Gasteiger partial charge is 0.312 e. The summed E-state index contributed by atoms with van der Waals surface area (Å²) < 4.78 is 1.73. The highest BCUT2D eigenvalue weighted by molar-refractivity contribution is 7.99. The Morgan fingerprint density at radius 3 is 2.71 bits per heavy atom. The van der Waals surface area contributed by atoms with Crippen molar-refractivity contribution in [2.24, 2.45) is 0 Å². The van der Waals surface area contributed by atoms with Gasteiger partial charge >= 0.3 is 0 Å². The van der Waals surface area contributed by atoms with Gasteiger partial charge in [0.1, 0.15) is 0 Å². The zero-order valence-corrected chi connectivity index (χ0v) is 15.0. The minimum absolute atomic E-state index is 0.576. The van der Waals surface area contributed by atoms with Crippen molar-refractivity contribution in [1.29, 1.82) is 0 Å². The molecule has 3 rings (SSSR count). The molecule has 0 amide bonds. The van der Waals surface area contributed by atoms with Crippen molar-refractivity contribution in [2.45, 2.75) is 11.7 Å². The summed E-state index contributed by atoms with van der Waals surface area (Å²) in [4.78, 5) is 0. The summed E-state index contributed by atoms with van der Waals surface area (Å²) in [6, 6.07) is 15.5. The first-order valence-corrected chi connectivity index (χ1v) is 9.10. The van der Waals surface area contributed by atoms with Crippen LogP contribution in [0.2, 0.25) is 10.0 Å². The maximum absolute atomic E-state index is 6.17. The van der Waals surface area contributed by atoms with E-state index in [9.17, 15) is 0 Å². The van der Waals surface area contributed by atoms with Crippen LogP contribution in [0, 0.1) is 0 Å². The summed E-state index contributed by atoms with van der Waals surface area (Å²) in [6.45, 7) is 1.47. The summed E-state index contributed by atoms with van der Waals surface area (Å²) in [7, 11) is 0. The molecular formula is C16H15Cl2N5S. The molecule has 2 aromatic carbocycles. The van der Waals surface area contributed by atoms with E-state index < -0.39 is 0 Å². The van der Waals surface area contributed by atoms with Gasteiger partial charge in [0.25, 0.3) is 0 Å². The Kier molecular flexibility index (Phi) is 6.09. The van der Waals surface area contributed by atoms with Crippen LogP contribution in [0.3, 0.4) is 0 Å². The Bertz CT molecular complexity index is 794. The number of halogens is 2. The molecule has 0 unspecified atom stereocenters. The van der Waals surface area contributed by atoms with Crippen LogP contribution in [-0.2, 0) is 6.54 Å². The number of rotatable bonds is 7. The first-order chi connectivity index (χ1) is 11.8. The van der Waals surface area contributed by atoms with Crippen LogP contribution in [0.1, 0.15) is 5.56 Å². The van der Waals surface area contributed by atoms with Crippen LogP contribution in [0.5, 0.6) is 0 Å². The number of nitrogens with zero attached hydrogens (tertiary/aromatic N) is 4. The van der Waals surface area contributed by atoms with Crippen molar-refractivity contribution in [1.82, 2.24) is 25.5 Å². The highest BCUT2D eigenvalue weighted by Crippen LogP contribution is 2.25. The standard InChI is InChI=1S/C16H15Cl2N5S/c17-14-8-4-5-12(15(14)18)11-19-9-10-24-16-20-21-22-23(16)13-6-2-1-3-7-13/h1-8,19H,9-11H2. The Labute approximate surface area is 154 Å². The third-order valence-corrected chi connectivity index (χ3v) is 5.08. The summed E-state index contributed by atoms with van der Waals surface area (Å²) in [5, 5.41) is 17.2. The average molecular weight is 380 g/mol. The molecule has 0 aliphatic rings. The van der Waals surface area contributed by atoms with Gasteiger partial charge < -0.3 is 5.32 Å². The van der Waals surface area contributed by atoms with Crippen molar-refractivity contribution in [3.8, 4) is 5.69 Å². The van der Waals surface area contributed by atoms with E-state index in [0.29, 0.717) is 16.6 Å². The van der Waals surface area contributed by atoms with Crippen LogP contribution >= 0.6 is 35.0 Å². The number of hydrogen-bond donors (Lipinski definition) is 1. The molecule has 0 saturated carbocycles. The summed E-state index contributed by atoms with van der Waals surface area (Å²) >= 11 is 13.8. The number of hydrogen-bond acceptors (Lipinski definition) is 5. The van der Waals surface area contributed by atoms with E-state index >= 15 is 0 Å². The molecule has 0 aliphatic carbocycles. The van der Waals surface area contributed by atoms with E-state index in [-0.39, 0.29) is 0 Å². The summed E-state index contributed by atoms with van der Waals surface area (Å²) in [5.41, 5.74) is 1.94. The second-order valence-corrected chi connectivity index (χ2v) is 6.79. The smallest absolute Gasteiger partial charge is 0.214 e. The fraction of sp³-hybridized carbons (Fsp3) is 0.188. The predicted octanol–water partition coefficient (Wildman–Crippen LogP) is 3.85. The van der Waals surface area contributed by atoms with Crippen molar-refractivity contribution in [3.05, 3.63) is 64.1 Å². The number of thioether (sulfide) groups is 1. The average Bonchev–Trinajstić information content (AvgIpc) is 3.07. The topological polar surface area (TPSA) is 55.6 Å². The molecule has 5 nitrogen and oxygen atoms in total. The van der Waals surface area contributed by atoms with Gasteiger partial charge in [0.15, 0.2) is 0 Å². The lowest BCUT2D eigenvalue weighted by Crippen LogP contribution is -2.17. The van der Waals surface area contributed by atoms with Crippen LogP contribution < -0.4 is 5.32 Å². The third kappa shape index (κ3) is 4.27. The molecule has 124 valence electrons. The monoisotopic (exact) mass is 379 g/mol. The van der Waals surface area contributed by atoms with Gasteiger partial charge in [-0.3, -0.25) is 0 Å². The van der Waals surface area contributed by atoms with Gasteiger partial charge in [-0.25, -0.2) is 0 Å². The van der Waals surface area contributed by atoms with Crippen LogP contribution in [-0.4, -0.2) is 32.5 Å². The second kappa shape index (κ2) is 8.48. The molecule has 8 heteroatoms. The Hall–Kier alpha value is -1.60. The number of nitrogens with one attached hydrogen (secondary N) is 1. The fourth-order valence-electron chi connectivity index (χ4n) is 2.12. The van der Waals surface area contributed by atoms with Gasteiger partial charge in [0.05, 0.1) is 15.7 Å². The first-order valence-electron chi connectivity index (χ1n) is 7.36. The van der Waals surface area contributed by atoms with Crippen molar-refractivity contribution >= 4 is 35.0 Å². The molecule has 1 aromatic heterocycles. The molecule has 0 atom stereocenters. The Morgan fingerprint density at radius 1 is 1.04 bits per heavy atom. The molecule has 1 heterocycles. The number of para-hydroxylation sites is 1. The van der Waals surface area contributed by atoms with Crippen molar-refractivity contribution < 1.29 is 0 Å². The molecule has 24 heavy (non-hydrogen) atoms. The number of aromatic nitrogens is 4. The van der Waals surface area contributed by atoms with Crippen LogP contribution in [0.4, 0.5) is 0 Å². The minimum Gasteiger partial charge on any atom is -0.312 e. The maximum Gasteiger partial charge on any atom is 0.214 e. The maximum atomic E-state index is 6.17. The van der Waals surface area contributed by atoms with Gasteiger partial charge in [-0.2, -0.15) is 4.68 Å². The van der Waals surface area contributed by atoms with Gasteiger partial charge in [0, 0.05) is 18.8 Å². The molecule has 0 saturated heterocycles. The lowest BCUT2D eigenvalue weighted by molar-refractivity contribution is 0.728. The van der Waals surface area contributed by atoms with Gasteiger partial charge in [-0.1, -0.05) is 65.3 Å². The van der Waals surface area contributed by atoms with Crippen LogP contribution in [0.25, 0.3) is 5.69 Å². The number of tetrazole rings is 1. The van der Waals surface area contributed by atoms with E-state index in [1.807, 2.05) is 42.5 Å². The van der Waals surface area contributed by atoms with E-state index in [4.69, 9.17) is 23.2 Å². The van der Waals surface area contributed by atoms with Gasteiger partial charge in [-0.15, -0.1) is 5.10 Å². The highest BCUT2D eigenvalue weighted by atomic mass is 35.5. The Balaban J connectivity index is 1.50. The zero-order chi connectivity index (χ0) is 16.8. The quantitative estimate of drug-likeness (QED) is 0.499. The molecular weight excluding hydrogens is 365 g/mol. The van der Waals surface area contributed by atoms with E-state index in [2.05, 4.69) is 20.8 Å². The molecule has 0 radical (unpaired) electrons. The van der Waals surface area contributed by atoms with Gasteiger partial charge in [0.2, 0.25) is 5.16 Å². The minimum atomic E-state index is 0.576. The van der Waals surface area contributed by atoms with Gasteiger partial charge in [-0.05, 0) is 34.2 Å². The molecule has 0 spiro atoms. The summed E-state index contributed by atoms with van der Waals surface area (Å²) in [6.07, 6.45) is 0. The normalized spacial score (nSPS) is 10.9. The van der Waals surface area contributed by atoms with Crippen LogP contribution in [0.15, 0.2) is 53.7 Å². The third-order valence-electron chi connectivity index (χ3n) is 3.30. The molecule has 0 fully saturated rings. The fourth-order valence-corrected chi connectivity index (χ4v) is 3.30.